The Kier molecular flexibility index (Phi) is 37.2. The van der Waals surface area contributed by atoms with Crippen LogP contribution in [0.25, 0.3) is 0 Å². The van der Waals surface area contributed by atoms with Gasteiger partial charge in [-0.1, -0.05) is 184 Å². The molecule has 15 heteroatoms. The molecule has 0 aromatic heterocycles. The Morgan fingerprint density at radius 1 is 0.478 bits per heavy atom. The second-order valence-electron chi connectivity index (χ2n) is 18.7. The van der Waals surface area contributed by atoms with Gasteiger partial charge in [-0.3, -0.25) is 9.59 Å². The third kappa shape index (κ3) is 28.9. The van der Waals surface area contributed by atoms with Crippen molar-refractivity contribution in [3.63, 3.8) is 0 Å². The molecule has 400 valence electrons. The fraction of sp³-hybridized carbons (Fsp3) is 0.815. The van der Waals surface area contributed by atoms with Crippen LogP contribution in [0.5, 0.6) is 0 Å². The molecule has 2 aliphatic rings. The summed E-state index contributed by atoms with van der Waals surface area (Å²) in [4.78, 5) is 25.7. The van der Waals surface area contributed by atoms with E-state index >= 15 is 0 Å². The zero-order chi connectivity index (χ0) is 50.3. The first-order valence-corrected chi connectivity index (χ1v) is 26.7. The van der Waals surface area contributed by atoms with Crippen LogP contribution in [-0.4, -0.2) is 142 Å². The van der Waals surface area contributed by atoms with Gasteiger partial charge < -0.3 is 64.2 Å². The molecule has 2 saturated heterocycles. The van der Waals surface area contributed by atoms with Crippen LogP contribution in [-0.2, 0) is 38.0 Å². The molecule has 11 atom stereocenters. The molecule has 0 spiro atoms. The topological polar surface area (TPSA) is 231 Å². The lowest BCUT2D eigenvalue weighted by Gasteiger charge is -2.42. The summed E-state index contributed by atoms with van der Waals surface area (Å²) in [6.07, 6.45) is 28.8. The molecule has 0 saturated carbocycles. The van der Waals surface area contributed by atoms with E-state index < -0.39 is 99.3 Å². The average molecular weight is 983 g/mol. The van der Waals surface area contributed by atoms with Crippen molar-refractivity contribution in [3.8, 4) is 0 Å². The van der Waals surface area contributed by atoms with Crippen molar-refractivity contribution in [2.45, 2.75) is 255 Å². The number of hydrogen-bond donors (Lipinski definition) is 7. The van der Waals surface area contributed by atoms with Crippen molar-refractivity contribution in [1.82, 2.24) is 0 Å². The number of esters is 2. The molecule has 2 heterocycles. The molecule has 0 amide bonds. The highest BCUT2D eigenvalue weighted by atomic mass is 16.7. The average Bonchev–Trinajstić information content (AvgIpc) is 3.34. The third-order valence-corrected chi connectivity index (χ3v) is 12.6. The van der Waals surface area contributed by atoms with Crippen LogP contribution in [0.2, 0.25) is 0 Å². The predicted molar refractivity (Wildman–Crippen MR) is 266 cm³/mol. The van der Waals surface area contributed by atoms with Crippen LogP contribution in [0.3, 0.4) is 0 Å². The zero-order valence-corrected chi connectivity index (χ0v) is 42.3. The summed E-state index contributed by atoms with van der Waals surface area (Å²) in [6, 6.07) is 0. The predicted octanol–water partition coefficient (Wildman–Crippen LogP) is 7.88. The molecule has 0 radical (unpaired) electrons. The van der Waals surface area contributed by atoms with Crippen LogP contribution in [0.4, 0.5) is 0 Å². The first kappa shape index (κ1) is 62.6. The smallest absolute Gasteiger partial charge is 0.306 e. The van der Waals surface area contributed by atoms with Gasteiger partial charge in [-0.25, -0.2) is 0 Å². The number of hydrogen-bond acceptors (Lipinski definition) is 15. The maximum atomic E-state index is 12.9. The summed E-state index contributed by atoms with van der Waals surface area (Å²) in [5.74, 6) is -1.02. The largest absolute Gasteiger partial charge is 0.462 e. The van der Waals surface area contributed by atoms with Gasteiger partial charge in [0.25, 0.3) is 0 Å². The number of aliphatic hydroxyl groups excluding tert-OH is 7. The summed E-state index contributed by atoms with van der Waals surface area (Å²) < 4.78 is 33.5. The highest BCUT2D eigenvalue weighted by molar-refractivity contribution is 5.70. The van der Waals surface area contributed by atoms with Gasteiger partial charge in [-0.2, -0.15) is 0 Å². The van der Waals surface area contributed by atoms with E-state index in [-0.39, 0.29) is 19.4 Å². The first-order chi connectivity index (χ1) is 33.5. The molecule has 2 fully saturated rings. The van der Waals surface area contributed by atoms with Crippen molar-refractivity contribution in [2.75, 3.05) is 26.4 Å². The minimum Gasteiger partial charge on any atom is -0.462 e. The number of unbranched alkanes of at least 4 members (excludes halogenated alkanes) is 19. The second kappa shape index (κ2) is 41.0. The number of allylic oxidation sites excluding steroid dienone is 8. The summed E-state index contributed by atoms with van der Waals surface area (Å²) >= 11 is 0. The minimum absolute atomic E-state index is 0.0445. The number of carbonyl (C=O) groups excluding carboxylic acids is 2. The molecule has 2 rings (SSSR count). The Morgan fingerprint density at radius 2 is 0.913 bits per heavy atom. The molecule has 2 aliphatic heterocycles. The van der Waals surface area contributed by atoms with Crippen LogP contribution < -0.4 is 0 Å². The molecule has 11 unspecified atom stereocenters. The van der Waals surface area contributed by atoms with Crippen LogP contribution >= 0.6 is 0 Å². The summed E-state index contributed by atoms with van der Waals surface area (Å²) in [5.41, 5.74) is 0. The summed E-state index contributed by atoms with van der Waals surface area (Å²) in [7, 11) is 0. The van der Waals surface area contributed by atoms with E-state index in [2.05, 4.69) is 50.3 Å². The van der Waals surface area contributed by atoms with E-state index in [0.29, 0.717) is 19.3 Å². The molecular weight excluding hydrogens is 889 g/mol. The fourth-order valence-corrected chi connectivity index (χ4v) is 8.23. The van der Waals surface area contributed by atoms with Crippen molar-refractivity contribution < 1.29 is 73.8 Å². The number of aliphatic hydroxyl groups is 7. The van der Waals surface area contributed by atoms with Crippen molar-refractivity contribution in [3.05, 3.63) is 48.6 Å². The Bertz CT molecular complexity index is 1390. The van der Waals surface area contributed by atoms with E-state index in [0.717, 1.165) is 38.5 Å². The molecular formula is C54H94O15. The van der Waals surface area contributed by atoms with Crippen molar-refractivity contribution in [2.24, 2.45) is 0 Å². The molecule has 69 heavy (non-hydrogen) atoms. The van der Waals surface area contributed by atoms with Gasteiger partial charge in [0.15, 0.2) is 18.7 Å². The molecule has 0 aromatic carbocycles. The molecule has 0 aliphatic carbocycles. The Labute approximate surface area is 414 Å². The van der Waals surface area contributed by atoms with Gasteiger partial charge in [0.05, 0.1) is 19.8 Å². The normalized spacial score (nSPS) is 25.9. The Morgan fingerprint density at radius 3 is 1.41 bits per heavy atom. The SMILES string of the molecule is CC/C=C\C/C=C\C/C=C\C/C=C\CCC(=O)OC(COC(=O)CCCCCCCCCCCCCCCCCCCCCC)COC1OC(COC2OC(CO)C(O)C(O)C2O)C(O)C(O)C1O. The quantitative estimate of drug-likeness (QED) is 0.0176. The zero-order valence-electron chi connectivity index (χ0n) is 42.3. The monoisotopic (exact) mass is 983 g/mol. The first-order valence-electron chi connectivity index (χ1n) is 26.7. The van der Waals surface area contributed by atoms with Gasteiger partial charge in [0, 0.05) is 12.8 Å². The molecule has 0 bridgehead atoms. The summed E-state index contributed by atoms with van der Waals surface area (Å²) in [6.45, 7) is 2.41. The lowest BCUT2D eigenvalue weighted by atomic mass is 9.98. The maximum Gasteiger partial charge on any atom is 0.306 e. The van der Waals surface area contributed by atoms with Crippen LogP contribution in [0.15, 0.2) is 48.6 Å². The molecule has 7 N–H and O–H groups in total. The van der Waals surface area contributed by atoms with E-state index in [1.54, 1.807) is 0 Å². The van der Waals surface area contributed by atoms with E-state index in [1.807, 2.05) is 12.2 Å². The van der Waals surface area contributed by atoms with E-state index in [4.69, 9.17) is 28.4 Å². The highest BCUT2D eigenvalue weighted by Gasteiger charge is 2.47. The highest BCUT2D eigenvalue weighted by Crippen LogP contribution is 2.26. The standard InChI is InChI=1S/C54H94O15/c1-3-5-7-9-11-13-15-17-18-19-20-21-22-23-25-26-28-30-32-34-36-45(56)64-39-42(67-46(57)37-35-33-31-29-27-24-16-14-12-10-8-6-4-2)40-65-53-52(63)50(61)48(59)44(69-53)41-66-54-51(62)49(60)47(58)43(38-55)68-54/h6,8,12,14,24,27,31,33,42-44,47-55,58-63H,3-5,7,9-11,13,15-23,25-26,28-30,32,34-41H2,1-2H3/b8-6-,14-12-,27-24-,33-31-. The number of ether oxygens (including phenoxy) is 6. The summed E-state index contributed by atoms with van der Waals surface area (Å²) in [5, 5.41) is 72.1. The Hall–Kier alpha value is -2.54. The Balaban J connectivity index is 1.78. The number of rotatable bonds is 41. The van der Waals surface area contributed by atoms with E-state index in [1.165, 1.54) is 103 Å². The molecule has 15 nitrogen and oxygen atoms in total. The van der Waals surface area contributed by atoms with Gasteiger partial charge in [-0.05, 0) is 38.5 Å². The van der Waals surface area contributed by atoms with Gasteiger partial charge in [0.2, 0.25) is 0 Å². The molecule has 0 aromatic rings. The maximum absolute atomic E-state index is 12.9. The second-order valence-corrected chi connectivity index (χ2v) is 18.7. The van der Waals surface area contributed by atoms with Gasteiger partial charge in [-0.15, -0.1) is 0 Å². The van der Waals surface area contributed by atoms with Crippen molar-refractivity contribution in [1.29, 1.82) is 0 Å². The van der Waals surface area contributed by atoms with Crippen LogP contribution in [0.1, 0.15) is 187 Å². The number of carbonyl (C=O) groups is 2. The van der Waals surface area contributed by atoms with E-state index in [9.17, 15) is 45.3 Å². The van der Waals surface area contributed by atoms with Crippen LogP contribution in [0, 0.1) is 0 Å². The third-order valence-electron chi connectivity index (χ3n) is 12.6. The van der Waals surface area contributed by atoms with Gasteiger partial charge in [0.1, 0.15) is 55.4 Å². The van der Waals surface area contributed by atoms with Gasteiger partial charge >= 0.3 is 11.9 Å². The lowest BCUT2D eigenvalue weighted by Crippen LogP contribution is -2.61. The lowest BCUT2D eigenvalue weighted by molar-refractivity contribution is -0.332. The minimum atomic E-state index is -1.78. The van der Waals surface area contributed by atoms with Crippen molar-refractivity contribution >= 4 is 11.9 Å². The fourth-order valence-electron chi connectivity index (χ4n) is 8.23.